The molecule has 7 heteroatoms. The molecule has 0 aliphatic rings. The van der Waals surface area contributed by atoms with E-state index in [1.54, 1.807) is 0 Å². The quantitative estimate of drug-likeness (QED) is 0.701. The lowest BCUT2D eigenvalue weighted by molar-refractivity contribution is 0.469. The molecule has 0 heterocycles. The number of benzene rings is 2. The minimum Gasteiger partial charge on any atom is -0.506 e. The van der Waals surface area contributed by atoms with Gasteiger partial charge in [0.1, 0.15) is 17.4 Å². The summed E-state index contributed by atoms with van der Waals surface area (Å²) in [4.78, 5) is 0. The third-order valence-electron chi connectivity index (χ3n) is 2.59. The van der Waals surface area contributed by atoms with E-state index < -0.39 is 11.6 Å². The topological polar surface area (TPSA) is 32.3 Å². The van der Waals surface area contributed by atoms with Crippen LogP contribution >= 0.6 is 39.1 Å². The van der Waals surface area contributed by atoms with Crippen LogP contribution in [0.3, 0.4) is 0 Å². The van der Waals surface area contributed by atoms with Gasteiger partial charge in [0, 0.05) is 23.2 Å². The summed E-state index contributed by atoms with van der Waals surface area (Å²) >= 11 is 14.6. The van der Waals surface area contributed by atoms with Gasteiger partial charge in [0.15, 0.2) is 0 Å². The van der Waals surface area contributed by atoms with Gasteiger partial charge in [-0.2, -0.15) is 0 Å². The van der Waals surface area contributed by atoms with Crippen molar-refractivity contribution >= 4 is 44.8 Å². The highest BCUT2D eigenvalue weighted by atomic mass is 79.9. The molecule has 0 unspecified atom stereocenters. The van der Waals surface area contributed by atoms with Gasteiger partial charge in [-0.15, -0.1) is 0 Å². The zero-order valence-electron chi connectivity index (χ0n) is 9.85. The molecule has 0 aliphatic heterocycles. The molecule has 0 amide bonds. The van der Waals surface area contributed by atoms with Gasteiger partial charge in [-0.25, -0.2) is 8.78 Å². The Bertz CT molecular complexity index is 667. The van der Waals surface area contributed by atoms with Crippen molar-refractivity contribution < 1.29 is 13.9 Å². The van der Waals surface area contributed by atoms with Gasteiger partial charge >= 0.3 is 0 Å². The number of nitrogens with one attached hydrogen (secondary N) is 1. The molecular formula is C13H8BrCl2F2NO. The number of phenolic OH excluding ortho intramolecular Hbond substituents is 1. The lowest BCUT2D eigenvalue weighted by Crippen LogP contribution is -2.02. The van der Waals surface area contributed by atoms with E-state index in [0.29, 0.717) is 10.6 Å². The van der Waals surface area contributed by atoms with Crippen LogP contribution in [0.2, 0.25) is 10.0 Å². The monoisotopic (exact) mass is 381 g/mol. The van der Waals surface area contributed by atoms with Gasteiger partial charge in [-0.3, -0.25) is 0 Å². The van der Waals surface area contributed by atoms with Gasteiger partial charge in [-0.05, 0) is 34.1 Å². The van der Waals surface area contributed by atoms with Crippen LogP contribution in [0.4, 0.5) is 14.5 Å². The molecule has 0 radical (unpaired) electrons. The third kappa shape index (κ3) is 3.34. The van der Waals surface area contributed by atoms with Gasteiger partial charge < -0.3 is 10.4 Å². The molecule has 0 aliphatic carbocycles. The summed E-state index contributed by atoms with van der Waals surface area (Å²) in [6.07, 6.45) is 0. The van der Waals surface area contributed by atoms with Gasteiger partial charge in [0.2, 0.25) is 0 Å². The molecular weight excluding hydrogens is 375 g/mol. The first-order valence-electron chi connectivity index (χ1n) is 5.44. The van der Waals surface area contributed by atoms with Crippen LogP contribution in [0, 0.1) is 11.6 Å². The summed E-state index contributed by atoms with van der Waals surface area (Å²) in [5, 5.41) is 13.0. The first-order valence-corrected chi connectivity index (χ1v) is 6.98. The van der Waals surface area contributed by atoms with Crippen LogP contribution in [-0.4, -0.2) is 5.11 Å². The fourth-order valence-corrected chi connectivity index (χ4v) is 2.48. The minimum absolute atomic E-state index is 0.0844. The number of phenols is 1. The standard InChI is InChI=1S/C13H8BrCl2F2NO/c14-8-3-12(11(18)4-10(8)17)19-5-6-1-7(15)2-9(16)13(6)20/h1-4,19-20H,5H2. The van der Waals surface area contributed by atoms with Crippen LogP contribution in [0.15, 0.2) is 28.7 Å². The van der Waals surface area contributed by atoms with E-state index in [-0.39, 0.29) is 27.5 Å². The summed E-state index contributed by atoms with van der Waals surface area (Å²) < 4.78 is 26.8. The number of halogens is 5. The van der Waals surface area contributed by atoms with E-state index in [1.165, 1.54) is 18.2 Å². The maximum atomic E-state index is 13.6. The molecule has 0 bridgehead atoms. The van der Waals surface area contributed by atoms with Gasteiger partial charge in [0.05, 0.1) is 15.2 Å². The molecule has 2 N–H and O–H groups in total. The number of rotatable bonds is 3. The Balaban J connectivity index is 2.23. The second-order valence-corrected chi connectivity index (χ2v) is 5.69. The largest absolute Gasteiger partial charge is 0.506 e. The highest BCUT2D eigenvalue weighted by molar-refractivity contribution is 9.10. The van der Waals surface area contributed by atoms with Crippen LogP contribution in [0.5, 0.6) is 5.75 Å². The van der Waals surface area contributed by atoms with Gasteiger partial charge in [0.25, 0.3) is 0 Å². The Hall–Kier alpha value is -1.04. The molecule has 0 saturated heterocycles. The van der Waals surface area contributed by atoms with E-state index in [1.807, 2.05) is 0 Å². The Morgan fingerprint density at radius 3 is 2.50 bits per heavy atom. The van der Waals surface area contributed by atoms with Crippen LogP contribution in [-0.2, 0) is 6.54 Å². The molecule has 0 saturated carbocycles. The Morgan fingerprint density at radius 1 is 1.10 bits per heavy atom. The second kappa shape index (κ2) is 6.16. The van der Waals surface area contributed by atoms with E-state index in [4.69, 9.17) is 23.2 Å². The van der Waals surface area contributed by atoms with E-state index >= 15 is 0 Å². The minimum atomic E-state index is -0.738. The highest BCUT2D eigenvalue weighted by Crippen LogP contribution is 2.32. The third-order valence-corrected chi connectivity index (χ3v) is 3.70. The molecule has 2 nitrogen and oxygen atoms in total. The molecule has 0 fully saturated rings. The molecule has 106 valence electrons. The van der Waals surface area contributed by atoms with Crippen LogP contribution in [0.1, 0.15) is 5.56 Å². The molecule has 0 atom stereocenters. The number of anilines is 1. The fourth-order valence-electron chi connectivity index (χ4n) is 1.60. The Morgan fingerprint density at radius 2 is 1.80 bits per heavy atom. The first-order chi connectivity index (χ1) is 9.38. The van der Waals surface area contributed by atoms with Crippen LogP contribution < -0.4 is 5.32 Å². The Labute approximate surface area is 132 Å². The summed E-state index contributed by atoms with van der Waals surface area (Å²) in [5.74, 6) is -1.56. The summed E-state index contributed by atoms with van der Waals surface area (Å²) in [5.41, 5.74) is 0.496. The zero-order valence-corrected chi connectivity index (χ0v) is 13.0. The average Bonchev–Trinajstić information content (AvgIpc) is 2.37. The molecule has 2 aromatic carbocycles. The first kappa shape index (κ1) is 15.4. The number of aromatic hydroxyl groups is 1. The maximum Gasteiger partial charge on any atom is 0.149 e. The summed E-state index contributed by atoms with van der Waals surface area (Å²) in [6.45, 7) is 0.0844. The Kier molecular flexibility index (Phi) is 4.73. The van der Waals surface area contributed by atoms with Crippen LogP contribution in [0.25, 0.3) is 0 Å². The predicted molar refractivity (Wildman–Crippen MR) is 79.5 cm³/mol. The van der Waals surface area contributed by atoms with Crippen molar-refractivity contribution in [3.05, 3.63) is 56.0 Å². The van der Waals surface area contributed by atoms with E-state index in [2.05, 4.69) is 21.2 Å². The van der Waals surface area contributed by atoms with E-state index in [0.717, 1.165) is 6.07 Å². The number of hydrogen-bond acceptors (Lipinski definition) is 2. The van der Waals surface area contributed by atoms with Crippen molar-refractivity contribution in [3.8, 4) is 5.75 Å². The van der Waals surface area contributed by atoms with Crippen molar-refractivity contribution in [2.45, 2.75) is 6.54 Å². The SMILES string of the molecule is Oc1c(Cl)cc(Cl)cc1CNc1cc(Br)c(F)cc1F. The fraction of sp³-hybridized carbons (Fsp3) is 0.0769. The average molecular weight is 383 g/mol. The van der Waals surface area contributed by atoms with Crippen molar-refractivity contribution in [1.29, 1.82) is 0 Å². The summed E-state index contributed by atoms with van der Waals surface area (Å²) in [6, 6.07) is 4.94. The maximum absolute atomic E-state index is 13.6. The van der Waals surface area contributed by atoms with Gasteiger partial charge in [-0.1, -0.05) is 23.2 Å². The molecule has 0 spiro atoms. The molecule has 20 heavy (non-hydrogen) atoms. The smallest absolute Gasteiger partial charge is 0.149 e. The zero-order chi connectivity index (χ0) is 14.9. The highest BCUT2D eigenvalue weighted by Gasteiger charge is 2.11. The van der Waals surface area contributed by atoms with E-state index in [9.17, 15) is 13.9 Å². The summed E-state index contributed by atoms with van der Waals surface area (Å²) in [7, 11) is 0. The van der Waals surface area contributed by atoms with Crippen molar-refractivity contribution in [1.82, 2.24) is 0 Å². The lowest BCUT2D eigenvalue weighted by atomic mass is 10.2. The van der Waals surface area contributed by atoms with Crippen molar-refractivity contribution in [3.63, 3.8) is 0 Å². The second-order valence-electron chi connectivity index (χ2n) is 4.00. The lowest BCUT2D eigenvalue weighted by Gasteiger charge is -2.11. The normalized spacial score (nSPS) is 10.7. The molecule has 2 aromatic rings. The van der Waals surface area contributed by atoms with Crippen molar-refractivity contribution in [2.24, 2.45) is 0 Å². The van der Waals surface area contributed by atoms with Crippen molar-refractivity contribution in [2.75, 3.05) is 5.32 Å². The molecule has 0 aromatic heterocycles. The molecule has 2 rings (SSSR count). The number of hydrogen-bond donors (Lipinski definition) is 2. The predicted octanol–water partition coefficient (Wildman–Crippen LogP) is 5.35.